The molecule has 1 fully saturated rings. The normalized spacial score (nSPS) is 35.7. The number of allylic oxidation sites excluding steroid dienone is 2. The first kappa shape index (κ1) is 15.0. The zero-order chi connectivity index (χ0) is 14.5. The maximum absolute atomic E-state index is 11.6. The maximum Gasteiger partial charge on any atom is 0.330 e. The molecule has 1 aliphatic carbocycles. The minimum absolute atomic E-state index is 0.0800. The summed E-state index contributed by atoms with van der Waals surface area (Å²) >= 11 is 0. The summed E-state index contributed by atoms with van der Waals surface area (Å²) in [5.74, 6) is -0.289. The first-order valence-electron chi connectivity index (χ1n) is 7.31. The molecule has 0 unspecified atom stereocenters. The summed E-state index contributed by atoms with van der Waals surface area (Å²) in [6.45, 7) is 1.87. The van der Waals surface area contributed by atoms with Crippen LogP contribution in [0.1, 0.15) is 39.0 Å². The molecule has 4 atom stereocenters. The van der Waals surface area contributed by atoms with Gasteiger partial charge in [-0.1, -0.05) is 12.2 Å². The van der Waals surface area contributed by atoms with Crippen molar-refractivity contribution in [1.82, 2.24) is 0 Å². The Balaban J connectivity index is 2.13. The van der Waals surface area contributed by atoms with E-state index in [9.17, 15) is 14.7 Å². The first-order valence-corrected chi connectivity index (χ1v) is 7.31. The van der Waals surface area contributed by atoms with Gasteiger partial charge in [0.05, 0.1) is 12.2 Å². The van der Waals surface area contributed by atoms with Crippen molar-refractivity contribution in [1.29, 1.82) is 0 Å². The molecule has 2 rings (SSSR count). The summed E-state index contributed by atoms with van der Waals surface area (Å²) in [5.41, 5.74) is 0. The Bertz CT molecular complexity index is 424. The molecule has 1 N–H and O–H groups in total. The van der Waals surface area contributed by atoms with Gasteiger partial charge in [0.1, 0.15) is 5.78 Å². The van der Waals surface area contributed by atoms with Gasteiger partial charge in [-0.25, -0.2) is 4.79 Å². The predicted octanol–water partition coefficient (Wildman–Crippen LogP) is 2.17. The van der Waals surface area contributed by atoms with Crippen LogP contribution in [0.3, 0.4) is 0 Å². The van der Waals surface area contributed by atoms with Crippen LogP contribution in [0, 0.1) is 11.8 Å². The fourth-order valence-electron chi connectivity index (χ4n) is 2.91. The van der Waals surface area contributed by atoms with E-state index in [0.717, 1.165) is 19.3 Å². The smallest absolute Gasteiger partial charge is 0.330 e. The highest BCUT2D eigenvalue weighted by Crippen LogP contribution is 2.33. The number of carbonyl (C=O) groups is 2. The first-order chi connectivity index (χ1) is 9.56. The highest BCUT2D eigenvalue weighted by atomic mass is 16.5. The van der Waals surface area contributed by atoms with Crippen molar-refractivity contribution in [2.24, 2.45) is 11.8 Å². The largest absolute Gasteiger partial charge is 0.460 e. The molecule has 0 saturated heterocycles. The van der Waals surface area contributed by atoms with Gasteiger partial charge < -0.3 is 9.84 Å². The van der Waals surface area contributed by atoms with Gasteiger partial charge in [0.2, 0.25) is 0 Å². The van der Waals surface area contributed by atoms with E-state index in [2.05, 4.69) is 12.2 Å². The lowest BCUT2D eigenvalue weighted by molar-refractivity contribution is -0.142. The van der Waals surface area contributed by atoms with Crippen LogP contribution >= 0.6 is 0 Å². The molecule has 20 heavy (non-hydrogen) atoms. The molecule has 1 saturated carbocycles. The molecule has 1 aliphatic heterocycles. The van der Waals surface area contributed by atoms with Crippen LogP contribution in [0.5, 0.6) is 0 Å². The molecule has 0 amide bonds. The van der Waals surface area contributed by atoms with E-state index in [1.807, 2.05) is 6.92 Å². The average Bonchev–Trinajstić information content (AvgIpc) is 2.76. The van der Waals surface area contributed by atoms with Crippen molar-refractivity contribution >= 4 is 11.8 Å². The third-order valence-electron chi connectivity index (χ3n) is 4.03. The van der Waals surface area contributed by atoms with E-state index in [0.29, 0.717) is 12.8 Å². The number of carbonyl (C=O) groups excluding carboxylic acids is 2. The molecule has 0 aromatic carbocycles. The van der Waals surface area contributed by atoms with Crippen LogP contribution in [0.25, 0.3) is 0 Å². The number of ether oxygens (including phenoxy) is 1. The zero-order valence-electron chi connectivity index (χ0n) is 11.8. The van der Waals surface area contributed by atoms with Crippen molar-refractivity contribution < 1.29 is 19.4 Å². The number of Topliss-reactive ketones (excluding diaryl/α,β-unsaturated/α-hetero) is 1. The fraction of sp³-hybridized carbons (Fsp3) is 0.625. The topological polar surface area (TPSA) is 63.6 Å². The summed E-state index contributed by atoms with van der Waals surface area (Å²) in [5, 5.41) is 10.2. The molecular formula is C16H22O4. The minimum Gasteiger partial charge on any atom is -0.460 e. The molecule has 4 nitrogen and oxygen atoms in total. The third-order valence-corrected chi connectivity index (χ3v) is 4.03. The van der Waals surface area contributed by atoms with Crippen LogP contribution in [-0.4, -0.2) is 29.1 Å². The van der Waals surface area contributed by atoms with Crippen LogP contribution in [0.15, 0.2) is 24.3 Å². The molecule has 2 aliphatic rings. The predicted molar refractivity (Wildman–Crippen MR) is 74.9 cm³/mol. The summed E-state index contributed by atoms with van der Waals surface area (Å²) < 4.78 is 5.22. The molecule has 0 aromatic heterocycles. The molecule has 0 spiro atoms. The van der Waals surface area contributed by atoms with Crippen molar-refractivity contribution in [3.05, 3.63) is 24.3 Å². The Labute approximate surface area is 119 Å². The number of rotatable bonds is 0. The monoisotopic (exact) mass is 278 g/mol. The second-order valence-corrected chi connectivity index (χ2v) is 5.73. The molecule has 0 radical (unpaired) electrons. The number of hydrogen-bond donors (Lipinski definition) is 1. The molecule has 110 valence electrons. The summed E-state index contributed by atoms with van der Waals surface area (Å²) in [4.78, 5) is 23.2. The van der Waals surface area contributed by atoms with Gasteiger partial charge in [0.15, 0.2) is 0 Å². The van der Waals surface area contributed by atoms with Gasteiger partial charge in [0, 0.05) is 24.8 Å². The molecule has 4 heteroatoms. The van der Waals surface area contributed by atoms with Crippen LogP contribution in [0.4, 0.5) is 0 Å². The van der Waals surface area contributed by atoms with E-state index in [1.54, 1.807) is 0 Å². The van der Waals surface area contributed by atoms with Gasteiger partial charge in [-0.15, -0.1) is 0 Å². The zero-order valence-corrected chi connectivity index (χ0v) is 11.8. The highest BCUT2D eigenvalue weighted by Gasteiger charge is 2.35. The number of cyclic esters (lactones) is 1. The lowest BCUT2D eigenvalue weighted by Crippen LogP contribution is -2.21. The molecule has 0 aromatic rings. The standard InChI is InChI=1S/C16H22O4/c1-11-5-3-2-4-6-12-9-13(17)10-14(12)15(18)7-8-16(19)20-11/h4,6-8,11-12,14-15,18H,2-3,5,9-10H2,1H3/t11-,12+,14+,15+/m0/s1. The van der Waals surface area contributed by atoms with E-state index in [1.165, 1.54) is 12.2 Å². The summed E-state index contributed by atoms with van der Waals surface area (Å²) in [6.07, 6.45) is 9.53. The number of hydrogen-bond acceptors (Lipinski definition) is 4. The molecule has 1 heterocycles. The van der Waals surface area contributed by atoms with Gasteiger partial charge >= 0.3 is 5.97 Å². The summed E-state index contributed by atoms with van der Waals surface area (Å²) in [6, 6.07) is 0. The Hall–Kier alpha value is -1.42. The van der Waals surface area contributed by atoms with Crippen molar-refractivity contribution in [2.45, 2.75) is 51.2 Å². The lowest BCUT2D eigenvalue weighted by Gasteiger charge is -2.19. The quantitative estimate of drug-likeness (QED) is 0.545. The Morgan fingerprint density at radius 1 is 1.25 bits per heavy atom. The van der Waals surface area contributed by atoms with E-state index in [4.69, 9.17) is 4.74 Å². The van der Waals surface area contributed by atoms with Crippen molar-refractivity contribution in [3.63, 3.8) is 0 Å². The maximum atomic E-state index is 11.6. The lowest BCUT2D eigenvalue weighted by atomic mass is 9.90. The summed E-state index contributed by atoms with van der Waals surface area (Å²) in [7, 11) is 0. The van der Waals surface area contributed by atoms with Crippen LogP contribution in [0.2, 0.25) is 0 Å². The van der Waals surface area contributed by atoms with E-state index in [-0.39, 0.29) is 23.7 Å². The highest BCUT2D eigenvalue weighted by molar-refractivity contribution is 5.83. The van der Waals surface area contributed by atoms with Crippen LogP contribution in [-0.2, 0) is 14.3 Å². The van der Waals surface area contributed by atoms with Gasteiger partial charge in [-0.05, 0) is 38.2 Å². The third kappa shape index (κ3) is 4.04. The van der Waals surface area contributed by atoms with E-state index >= 15 is 0 Å². The van der Waals surface area contributed by atoms with Crippen LogP contribution < -0.4 is 0 Å². The van der Waals surface area contributed by atoms with Gasteiger partial charge in [0.25, 0.3) is 0 Å². The Morgan fingerprint density at radius 2 is 2.05 bits per heavy atom. The van der Waals surface area contributed by atoms with Gasteiger partial charge in [-0.2, -0.15) is 0 Å². The fourth-order valence-corrected chi connectivity index (χ4v) is 2.91. The second kappa shape index (κ2) is 6.84. The average molecular weight is 278 g/mol. The van der Waals surface area contributed by atoms with Gasteiger partial charge in [-0.3, -0.25) is 4.79 Å². The number of fused-ring (bicyclic) bond motifs is 1. The van der Waals surface area contributed by atoms with Crippen molar-refractivity contribution in [2.75, 3.05) is 0 Å². The number of esters is 1. The van der Waals surface area contributed by atoms with Crippen molar-refractivity contribution in [3.8, 4) is 0 Å². The SMILES string of the molecule is C[C@H]1CCCC=C[C@@H]2CC(=O)C[C@H]2[C@H](O)C=CC(=O)O1. The van der Waals surface area contributed by atoms with E-state index < -0.39 is 12.1 Å². The second-order valence-electron chi connectivity index (χ2n) is 5.73. The Kier molecular flexibility index (Phi) is 5.12. The number of ketones is 1. The Morgan fingerprint density at radius 3 is 2.85 bits per heavy atom. The molecular weight excluding hydrogens is 256 g/mol. The minimum atomic E-state index is -0.778. The number of aliphatic hydroxyl groups excluding tert-OH is 1. The number of aliphatic hydroxyl groups is 1. The molecule has 0 bridgehead atoms.